The second-order valence-corrected chi connectivity index (χ2v) is 4.65. The van der Waals surface area contributed by atoms with Gasteiger partial charge >= 0.3 is 4.87 Å². The Morgan fingerprint density at radius 2 is 2.12 bits per heavy atom. The van der Waals surface area contributed by atoms with E-state index < -0.39 is 0 Å². The van der Waals surface area contributed by atoms with Crippen LogP contribution in [0, 0.1) is 0 Å². The lowest BCUT2D eigenvalue weighted by Gasteiger charge is -1.98. The molecule has 0 aliphatic carbocycles. The maximum atomic E-state index is 11.0. The van der Waals surface area contributed by atoms with Crippen LogP contribution < -0.4 is 9.61 Å². The number of methoxy groups -OCH3 is 1. The predicted molar refractivity (Wildman–Crippen MR) is 72.4 cm³/mol. The number of hydrogen-bond acceptors (Lipinski definition) is 5. The average Bonchev–Trinajstić information content (AvgIpc) is 2.66. The second kappa shape index (κ2) is 5.20. The highest BCUT2D eigenvalue weighted by Crippen LogP contribution is 2.18. The number of benzene rings is 1. The Kier molecular flexibility index (Phi) is 3.65. The fourth-order valence-corrected chi connectivity index (χ4v) is 2.20. The molecule has 0 aliphatic rings. The summed E-state index contributed by atoms with van der Waals surface area (Å²) < 4.78 is 5.05. The summed E-state index contributed by atoms with van der Waals surface area (Å²) in [6.45, 7) is 0. The first-order valence-corrected chi connectivity index (χ1v) is 6.05. The van der Waals surface area contributed by atoms with E-state index in [4.69, 9.17) is 4.74 Å². The summed E-state index contributed by atoms with van der Waals surface area (Å²) in [6, 6.07) is 7.33. The lowest BCUT2D eigenvalue weighted by atomic mass is 10.3. The summed E-state index contributed by atoms with van der Waals surface area (Å²) in [4.78, 5) is 18.5. The van der Waals surface area contributed by atoms with Crippen molar-refractivity contribution >= 4 is 35.9 Å². The van der Waals surface area contributed by atoms with Crippen LogP contribution in [0.5, 0.6) is 5.75 Å². The molecule has 0 aliphatic heterocycles. The van der Waals surface area contributed by atoms with E-state index in [1.807, 2.05) is 24.3 Å². The van der Waals surface area contributed by atoms with Gasteiger partial charge in [0, 0.05) is 6.21 Å². The Balaban J connectivity index is 2.19. The standard InChI is InChI=1S/C11H10N2O2S2/c1-15-8-4-2-7(3-5-8)12-6-9-10(16)13-11(14)17-9/h2-6,16H,1H3,(H,13,14). The number of aromatic nitrogens is 1. The topological polar surface area (TPSA) is 54.4 Å². The molecular weight excluding hydrogens is 256 g/mol. The smallest absolute Gasteiger partial charge is 0.305 e. The molecule has 0 spiro atoms. The monoisotopic (exact) mass is 266 g/mol. The van der Waals surface area contributed by atoms with Crippen molar-refractivity contribution in [3.63, 3.8) is 0 Å². The van der Waals surface area contributed by atoms with E-state index >= 15 is 0 Å². The Hall–Kier alpha value is -1.53. The molecule has 1 N–H and O–H groups in total. The van der Waals surface area contributed by atoms with E-state index in [9.17, 15) is 4.79 Å². The Labute approximate surface area is 107 Å². The minimum absolute atomic E-state index is 0.133. The zero-order valence-electron chi connectivity index (χ0n) is 9.01. The van der Waals surface area contributed by atoms with Crippen LogP contribution >= 0.6 is 24.0 Å². The normalized spacial score (nSPS) is 10.9. The molecule has 1 aromatic carbocycles. The van der Waals surface area contributed by atoms with Gasteiger partial charge < -0.3 is 9.72 Å². The van der Waals surface area contributed by atoms with Gasteiger partial charge in [0.15, 0.2) is 0 Å². The van der Waals surface area contributed by atoms with Crippen molar-refractivity contribution in [3.05, 3.63) is 38.8 Å². The number of H-pyrrole nitrogens is 1. The molecule has 0 radical (unpaired) electrons. The molecule has 2 rings (SSSR count). The summed E-state index contributed by atoms with van der Waals surface area (Å²) >= 11 is 5.22. The quantitative estimate of drug-likeness (QED) is 0.662. The van der Waals surface area contributed by atoms with Gasteiger partial charge in [-0.1, -0.05) is 11.3 Å². The molecule has 1 heterocycles. The molecule has 0 saturated carbocycles. The van der Waals surface area contributed by atoms with Crippen LogP contribution in [0.25, 0.3) is 0 Å². The molecular formula is C11H10N2O2S2. The van der Waals surface area contributed by atoms with Gasteiger partial charge in [-0.15, -0.1) is 12.6 Å². The molecule has 17 heavy (non-hydrogen) atoms. The number of nitrogens with one attached hydrogen (secondary N) is 1. The van der Waals surface area contributed by atoms with Gasteiger partial charge in [-0.2, -0.15) is 0 Å². The first kappa shape index (κ1) is 11.9. The molecule has 0 fully saturated rings. The fourth-order valence-electron chi connectivity index (χ4n) is 1.22. The minimum Gasteiger partial charge on any atom is -0.497 e. The van der Waals surface area contributed by atoms with E-state index in [1.165, 1.54) is 0 Å². The Bertz CT molecular complexity index is 584. The number of hydrogen-bond donors (Lipinski definition) is 2. The van der Waals surface area contributed by atoms with Gasteiger partial charge in [-0.3, -0.25) is 9.79 Å². The molecule has 0 bridgehead atoms. The van der Waals surface area contributed by atoms with Gasteiger partial charge in [0.2, 0.25) is 0 Å². The number of rotatable bonds is 3. The molecule has 0 atom stereocenters. The average molecular weight is 266 g/mol. The van der Waals surface area contributed by atoms with Crippen molar-refractivity contribution in [2.24, 2.45) is 4.99 Å². The summed E-state index contributed by atoms with van der Waals surface area (Å²) in [5, 5.41) is 0.539. The van der Waals surface area contributed by atoms with Crippen LogP contribution in [0.2, 0.25) is 0 Å². The predicted octanol–water partition coefficient (Wildman–Crippen LogP) is 2.48. The largest absolute Gasteiger partial charge is 0.497 e. The van der Waals surface area contributed by atoms with Crippen LogP contribution in [0.15, 0.2) is 39.1 Å². The zero-order chi connectivity index (χ0) is 12.3. The number of thiol groups is 1. The molecule has 0 amide bonds. The van der Waals surface area contributed by atoms with Crippen molar-refractivity contribution in [2.45, 2.75) is 5.03 Å². The van der Waals surface area contributed by atoms with Crippen LogP contribution in [0.3, 0.4) is 0 Å². The molecule has 0 unspecified atom stereocenters. The third kappa shape index (κ3) is 2.98. The van der Waals surface area contributed by atoms with Gasteiger partial charge in [-0.05, 0) is 24.3 Å². The van der Waals surface area contributed by atoms with Crippen LogP contribution in [-0.2, 0) is 0 Å². The number of nitrogens with zero attached hydrogens (tertiary/aromatic N) is 1. The van der Waals surface area contributed by atoms with Gasteiger partial charge in [0.25, 0.3) is 0 Å². The first-order valence-electron chi connectivity index (χ1n) is 4.79. The van der Waals surface area contributed by atoms with Crippen molar-refractivity contribution in [3.8, 4) is 5.75 Å². The lowest BCUT2D eigenvalue weighted by molar-refractivity contribution is 0.415. The Morgan fingerprint density at radius 3 is 2.65 bits per heavy atom. The van der Waals surface area contributed by atoms with Crippen LogP contribution in [-0.4, -0.2) is 18.3 Å². The minimum atomic E-state index is -0.133. The second-order valence-electron chi connectivity index (χ2n) is 3.18. The summed E-state index contributed by atoms with van der Waals surface area (Å²) in [7, 11) is 1.61. The third-order valence-corrected chi connectivity index (χ3v) is 3.38. The summed E-state index contributed by atoms with van der Waals surface area (Å²) in [5.41, 5.74) is 0.791. The van der Waals surface area contributed by atoms with Crippen LogP contribution in [0.1, 0.15) is 4.88 Å². The third-order valence-electron chi connectivity index (χ3n) is 2.06. The van der Waals surface area contributed by atoms with Crippen LogP contribution in [0.4, 0.5) is 5.69 Å². The number of aliphatic imine (C=N–C) groups is 1. The maximum absolute atomic E-state index is 11.0. The number of aromatic amines is 1. The molecule has 1 aromatic heterocycles. The highest BCUT2D eigenvalue weighted by Gasteiger charge is 2.00. The lowest BCUT2D eigenvalue weighted by Crippen LogP contribution is -1.89. The SMILES string of the molecule is COc1ccc(N=Cc2sc(=O)[nH]c2S)cc1. The molecule has 4 nitrogen and oxygen atoms in total. The zero-order valence-corrected chi connectivity index (χ0v) is 10.7. The van der Waals surface area contributed by atoms with Crippen molar-refractivity contribution < 1.29 is 4.74 Å². The van der Waals surface area contributed by atoms with E-state index in [1.54, 1.807) is 13.3 Å². The van der Waals surface area contributed by atoms with Crippen molar-refractivity contribution in [1.82, 2.24) is 4.98 Å². The van der Waals surface area contributed by atoms with Crippen molar-refractivity contribution in [1.29, 1.82) is 0 Å². The van der Waals surface area contributed by atoms with Gasteiger partial charge in [-0.25, -0.2) is 0 Å². The molecule has 6 heteroatoms. The molecule has 0 saturated heterocycles. The van der Waals surface area contributed by atoms with E-state index in [0.29, 0.717) is 9.90 Å². The fraction of sp³-hybridized carbons (Fsp3) is 0.0909. The summed E-state index contributed by atoms with van der Waals surface area (Å²) in [5.74, 6) is 0.783. The first-order chi connectivity index (χ1) is 8.19. The molecule has 2 aromatic rings. The van der Waals surface area contributed by atoms with Gasteiger partial charge in [0.05, 0.1) is 22.7 Å². The van der Waals surface area contributed by atoms with Crippen molar-refractivity contribution in [2.75, 3.05) is 7.11 Å². The van der Waals surface area contributed by atoms with E-state index in [2.05, 4.69) is 22.6 Å². The highest BCUT2D eigenvalue weighted by atomic mass is 32.1. The molecule has 88 valence electrons. The van der Waals surface area contributed by atoms with E-state index in [-0.39, 0.29) is 4.87 Å². The maximum Gasteiger partial charge on any atom is 0.305 e. The van der Waals surface area contributed by atoms with Gasteiger partial charge in [0.1, 0.15) is 5.75 Å². The number of thiazole rings is 1. The Morgan fingerprint density at radius 1 is 1.41 bits per heavy atom. The highest BCUT2D eigenvalue weighted by molar-refractivity contribution is 7.80. The number of ether oxygens (including phenoxy) is 1. The summed E-state index contributed by atoms with van der Waals surface area (Å²) in [6.07, 6.45) is 1.62. The van der Waals surface area contributed by atoms with E-state index in [0.717, 1.165) is 22.8 Å².